The number of ether oxygens (including phenoxy) is 4. The van der Waals surface area contributed by atoms with Crippen molar-refractivity contribution in [2.45, 2.75) is 56.4 Å². The first kappa shape index (κ1) is 17.3. The monoisotopic (exact) mass is 334 g/mol. The normalized spacial score (nSPS) is 35.4. The number of aliphatic hydroxyl groups excluding tert-OH is 1. The van der Waals surface area contributed by atoms with E-state index in [0.29, 0.717) is 6.29 Å². The van der Waals surface area contributed by atoms with Crippen molar-refractivity contribution in [3.63, 3.8) is 0 Å². The summed E-state index contributed by atoms with van der Waals surface area (Å²) in [6.07, 6.45) is -1.76. The van der Waals surface area contributed by atoms with Crippen LogP contribution < -0.4 is 0 Å². The summed E-state index contributed by atoms with van der Waals surface area (Å²) in [5.41, 5.74) is -0.256. The number of hydrogen-bond acceptors (Lipinski definition) is 6. The molecule has 3 rings (SSSR count). The van der Waals surface area contributed by atoms with Gasteiger partial charge >= 0.3 is 0 Å². The van der Waals surface area contributed by atoms with Crippen LogP contribution in [0.5, 0.6) is 0 Å². The van der Waals surface area contributed by atoms with Crippen molar-refractivity contribution in [3.8, 4) is 0 Å². The molecule has 0 aliphatic carbocycles. The Morgan fingerprint density at radius 2 is 2.04 bits per heavy atom. The van der Waals surface area contributed by atoms with E-state index in [1.54, 1.807) is 13.8 Å². The van der Waals surface area contributed by atoms with Crippen molar-refractivity contribution in [1.82, 2.24) is 0 Å². The van der Waals surface area contributed by atoms with Gasteiger partial charge in [0, 0.05) is 0 Å². The molecule has 1 N–H and O–H groups in total. The van der Waals surface area contributed by atoms with Gasteiger partial charge in [-0.05, 0) is 19.4 Å². The predicted octanol–water partition coefficient (Wildman–Crippen LogP) is 1.56. The summed E-state index contributed by atoms with van der Waals surface area (Å²) in [7, 11) is 0. The Morgan fingerprint density at radius 1 is 1.33 bits per heavy atom. The highest BCUT2D eigenvalue weighted by Gasteiger charge is 2.65. The third kappa shape index (κ3) is 2.92. The highest BCUT2D eigenvalue weighted by atomic mass is 16.8. The summed E-state index contributed by atoms with van der Waals surface area (Å²) in [5.74, 6) is -0.850. The predicted molar refractivity (Wildman–Crippen MR) is 84.9 cm³/mol. The molecule has 2 saturated heterocycles. The van der Waals surface area contributed by atoms with E-state index in [-0.39, 0.29) is 6.61 Å². The van der Waals surface area contributed by atoms with Crippen molar-refractivity contribution in [2.24, 2.45) is 0 Å². The van der Waals surface area contributed by atoms with Crippen LogP contribution in [0.3, 0.4) is 0 Å². The number of aldehydes is 1. The highest BCUT2D eigenvalue weighted by molar-refractivity contribution is 5.57. The second-order valence-electron chi connectivity index (χ2n) is 6.44. The molecule has 0 saturated carbocycles. The molecule has 0 radical (unpaired) electrons. The van der Waals surface area contributed by atoms with Gasteiger partial charge in [-0.25, -0.2) is 0 Å². The number of hydrogen-bond donors (Lipinski definition) is 1. The van der Waals surface area contributed by atoms with Crippen LogP contribution in [0.15, 0.2) is 43.0 Å². The zero-order chi connectivity index (χ0) is 17.4. The molecule has 1 aromatic rings. The average molecular weight is 334 g/mol. The largest absolute Gasteiger partial charge is 0.383 e. The van der Waals surface area contributed by atoms with Gasteiger partial charge in [-0.15, -0.1) is 6.58 Å². The maximum absolute atomic E-state index is 11.1. The van der Waals surface area contributed by atoms with Crippen molar-refractivity contribution in [3.05, 3.63) is 48.6 Å². The van der Waals surface area contributed by atoms with Gasteiger partial charge in [0.2, 0.25) is 0 Å². The first-order valence-electron chi connectivity index (χ1n) is 7.88. The van der Waals surface area contributed by atoms with Crippen LogP contribution in [0.4, 0.5) is 0 Å². The first-order chi connectivity index (χ1) is 11.4. The highest BCUT2D eigenvalue weighted by Crippen LogP contribution is 2.46. The lowest BCUT2D eigenvalue weighted by Gasteiger charge is -2.36. The van der Waals surface area contributed by atoms with E-state index in [0.717, 1.165) is 5.56 Å². The third-order valence-electron chi connectivity index (χ3n) is 4.33. The van der Waals surface area contributed by atoms with E-state index in [1.807, 2.05) is 30.3 Å². The number of fused-ring (bicyclic) bond motifs is 1. The average Bonchev–Trinajstić information content (AvgIpc) is 3.04. The molecule has 0 bridgehead atoms. The maximum Gasteiger partial charge on any atom is 0.191 e. The van der Waals surface area contributed by atoms with Crippen molar-refractivity contribution in [2.75, 3.05) is 0 Å². The minimum Gasteiger partial charge on any atom is -0.383 e. The molecule has 0 aromatic heterocycles. The Kier molecular flexibility index (Phi) is 4.59. The Balaban J connectivity index is 1.89. The van der Waals surface area contributed by atoms with Gasteiger partial charge in [-0.2, -0.15) is 0 Å². The number of carbonyl (C=O) groups is 1. The molecule has 2 aliphatic heterocycles. The van der Waals surface area contributed by atoms with Gasteiger partial charge in [0.15, 0.2) is 18.4 Å². The molecule has 1 aromatic carbocycles. The molecule has 2 aliphatic rings. The number of rotatable bonds is 6. The van der Waals surface area contributed by atoms with Crippen LogP contribution >= 0.6 is 0 Å². The molecule has 6 nitrogen and oxygen atoms in total. The van der Waals surface area contributed by atoms with Gasteiger partial charge in [0.1, 0.15) is 23.9 Å². The quantitative estimate of drug-likeness (QED) is 0.629. The maximum atomic E-state index is 11.1. The minimum absolute atomic E-state index is 0.255. The van der Waals surface area contributed by atoms with Gasteiger partial charge in [0.05, 0.1) is 6.61 Å². The fraction of sp³-hybridized carbons (Fsp3) is 0.500. The summed E-state index contributed by atoms with van der Waals surface area (Å²) < 4.78 is 23.5. The summed E-state index contributed by atoms with van der Waals surface area (Å²) in [6, 6.07) is 9.57. The standard InChI is InChI=1S/C18H22O6/c1-4-18(21-11-12-8-6-5-7-9-12)14(13(20)10-19)22-16-15(18)23-17(2,3)24-16/h4-10,13-16,20H,1,11H2,2-3H3/t13-,14-,15+,16-,18-/m1/s1. The topological polar surface area (TPSA) is 74.2 Å². The van der Waals surface area contributed by atoms with Gasteiger partial charge < -0.3 is 28.8 Å². The molecule has 130 valence electrons. The Labute approximate surface area is 141 Å². The third-order valence-corrected chi connectivity index (χ3v) is 4.33. The smallest absolute Gasteiger partial charge is 0.191 e. The zero-order valence-electron chi connectivity index (χ0n) is 13.8. The van der Waals surface area contributed by atoms with E-state index in [1.165, 1.54) is 6.08 Å². The van der Waals surface area contributed by atoms with Gasteiger partial charge in [-0.3, -0.25) is 0 Å². The molecule has 6 heteroatoms. The van der Waals surface area contributed by atoms with Crippen LogP contribution in [0.25, 0.3) is 0 Å². The Bertz CT molecular complexity index is 601. The van der Waals surface area contributed by atoms with E-state index < -0.39 is 36.0 Å². The molecule has 0 spiro atoms. The first-order valence-corrected chi connectivity index (χ1v) is 7.88. The zero-order valence-corrected chi connectivity index (χ0v) is 13.8. The number of carbonyl (C=O) groups excluding carboxylic acids is 1. The van der Waals surface area contributed by atoms with E-state index >= 15 is 0 Å². The minimum atomic E-state index is -1.38. The molecule has 24 heavy (non-hydrogen) atoms. The van der Waals surface area contributed by atoms with Crippen LogP contribution in [-0.4, -0.2) is 47.4 Å². The fourth-order valence-electron chi connectivity index (χ4n) is 3.20. The second kappa shape index (κ2) is 6.38. The van der Waals surface area contributed by atoms with Crippen molar-refractivity contribution in [1.29, 1.82) is 0 Å². The lowest BCUT2D eigenvalue weighted by atomic mass is 9.89. The summed E-state index contributed by atoms with van der Waals surface area (Å²) in [5, 5.41) is 10.1. The molecule has 0 amide bonds. The molecule has 2 heterocycles. The molecule has 0 unspecified atom stereocenters. The van der Waals surface area contributed by atoms with Crippen LogP contribution in [0, 0.1) is 0 Å². The second-order valence-corrected chi connectivity index (χ2v) is 6.44. The lowest BCUT2D eigenvalue weighted by Crippen LogP contribution is -2.54. The summed E-state index contributed by atoms with van der Waals surface area (Å²) in [6.45, 7) is 7.63. The van der Waals surface area contributed by atoms with E-state index in [9.17, 15) is 9.90 Å². The molecular formula is C18H22O6. The summed E-state index contributed by atoms with van der Waals surface area (Å²) in [4.78, 5) is 11.1. The summed E-state index contributed by atoms with van der Waals surface area (Å²) >= 11 is 0. The molecule has 5 atom stereocenters. The molecular weight excluding hydrogens is 312 g/mol. The lowest BCUT2D eigenvalue weighted by molar-refractivity contribution is -0.240. The fourth-order valence-corrected chi connectivity index (χ4v) is 3.20. The van der Waals surface area contributed by atoms with Gasteiger partial charge in [0.25, 0.3) is 0 Å². The van der Waals surface area contributed by atoms with Crippen LogP contribution in [0.1, 0.15) is 19.4 Å². The van der Waals surface area contributed by atoms with Crippen LogP contribution in [-0.2, 0) is 30.3 Å². The Morgan fingerprint density at radius 3 is 2.67 bits per heavy atom. The SMILES string of the molecule is C=C[C@@]1(OCc2ccccc2)[C@@H]([C@H](O)C=O)O[C@@H]2OC(C)(C)O[C@@H]21. The number of benzene rings is 1. The molecule has 2 fully saturated rings. The van der Waals surface area contributed by atoms with E-state index in [2.05, 4.69) is 6.58 Å². The Hall–Kier alpha value is -1.57. The van der Waals surface area contributed by atoms with Gasteiger partial charge in [-0.1, -0.05) is 36.4 Å². The van der Waals surface area contributed by atoms with E-state index in [4.69, 9.17) is 18.9 Å². The van der Waals surface area contributed by atoms with Crippen LogP contribution in [0.2, 0.25) is 0 Å². The number of aliphatic hydroxyl groups is 1. The van der Waals surface area contributed by atoms with Crippen molar-refractivity contribution < 1.29 is 28.8 Å². The van der Waals surface area contributed by atoms with Crippen molar-refractivity contribution >= 4 is 6.29 Å².